The fourth-order valence-corrected chi connectivity index (χ4v) is 7.74. The molecule has 0 radical (unpaired) electrons. The van der Waals surface area contributed by atoms with Crippen LogP contribution in [0.15, 0.2) is 36.4 Å². The van der Waals surface area contributed by atoms with E-state index in [1.54, 1.807) is 0 Å². The fourth-order valence-electron chi connectivity index (χ4n) is 6.71. The molecule has 7 nitrogen and oxygen atoms in total. The maximum Gasteiger partial charge on any atom is 0.316 e. The molecule has 3 aromatic rings. The molecule has 0 saturated heterocycles. The van der Waals surface area contributed by atoms with Crippen molar-refractivity contribution < 1.29 is 19.1 Å². The summed E-state index contributed by atoms with van der Waals surface area (Å²) in [5.74, 6) is -0.943. The highest BCUT2D eigenvalue weighted by Gasteiger charge is 2.57. The lowest BCUT2D eigenvalue weighted by atomic mass is 9.80. The SMILES string of the molecule is Cc1nc(OCCO[Si](C)(C)C(C)(C)C)nc(C)c1-c1cccc(CNc2ccc3c(c2)CC2(CC2)C3C(C)C(=O)O)c1C. The highest BCUT2D eigenvalue weighted by Crippen LogP contribution is 2.65. The van der Waals surface area contributed by atoms with E-state index in [0.29, 0.717) is 25.8 Å². The van der Waals surface area contributed by atoms with Crippen LogP contribution in [-0.4, -0.2) is 42.6 Å². The second kappa shape index (κ2) is 11.9. The molecule has 1 saturated carbocycles. The van der Waals surface area contributed by atoms with Gasteiger partial charge in [0.25, 0.3) is 0 Å². The second-order valence-corrected chi connectivity index (χ2v) is 19.3. The molecule has 5 rings (SSSR count). The number of carboxylic acids is 1. The molecule has 0 bridgehead atoms. The molecule has 2 aromatic carbocycles. The zero-order valence-electron chi connectivity index (χ0n) is 27.9. The van der Waals surface area contributed by atoms with Crippen LogP contribution in [0.1, 0.15) is 80.1 Å². The standard InChI is InChI=1S/C36H49N3O4Si/c1-22-26(21-37-28-13-14-30-27(19-28)20-36(15-16-36)32(30)23(2)33(40)41)11-10-12-29(22)31-24(3)38-34(39-25(31)4)42-17-18-43-44(8,9)35(5,6)7/h10-14,19,23,32,37H,15-18,20-21H2,1-9H3,(H,40,41). The molecule has 8 heteroatoms. The Morgan fingerprint density at radius 1 is 1.09 bits per heavy atom. The Hall–Kier alpha value is -3.23. The average molecular weight is 616 g/mol. The number of rotatable bonds is 11. The highest BCUT2D eigenvalue weighted by molar-refractivity contribution is 6.74. The molecule has 1 fully saturated rings. The number of aryl methyl sites for hydroxylation is 2. The predicted octanol–water partition coefficient (Wildman–Crippen LogP) is 8.22. The summed E-state index contributed by atoms with van der Waals surface area (Å²) in [7, 11) is -1.82. The Labute approximate surface area is 264 Å². The van der Waals surface area contributed by atoms with Gasteiger partial charge >= 0.3 is 12.0 Å². The topological polar surface area (TPSA) is 93.6 Å². The summed E-state index contributed by atoms with van der Waals surface area (Å²) in [5.41, 5.74) is 10.1. The molecule has 1 heterocycles. The van der Waals surface area contributed by atoms with Gasteiger partial charge in [0.05, 0.1) is 23.9 Å². The van der Waals surface area contributed by atoms with Crippen molar-refractivity contribution in [2.75, 3.05) is 18.5 Å². The Kier molecular flexibility index (Phi) is 8.73. The van der Waals surface area contributed by atoms with Crippen LogP contribution in [0.4, 0.5) is 5.69 Å². The zero-order chi connectivity index (χ0) is 32.0. The second-order valence-electron chi connectivity index (χ2n) is 14.5. The van der Waals surface area contributed by atoms with E-state index in [4.69, 9.17) is 19.1 Å². The van der Waals surface area contributed by atoms with Gasteiger partial charge in [-0.25, -0.2) is 0 Å². The molecule has 2 unspecified atom stereocenters. The Morgan fingerprint density at radius 3 is 2.39 bits per heavy atom. The van der Waals surface area contributed by atoms with Crippen molar-refractivity contribution in [3.63, 3.8) is 0 Å². The smallest absolute Gasteiger partial charge is 0.316 e. The van der Waals surface area contributed by atoms with Crippen molar-refractivity contribution in [3.8, 4) is 17.1 Å². The van der Waals surface area contributed by atoms with E-state index in [9.17, 15) is 9.90 Å². The largest absolute Gasteiger partial charge is 0.481 e. The summed E-state index contributed by atoms with van der Waals surface area (Å²) in [4.78, 5) is 21.3. The lowest BCUT2D eigenvalue weighted by Gasteiger charge is -2.36. The molecular formula is C36H49N3O4Si. The first kappa shape index (κ1) is 32.2. The van der Waals surface area contributed by atoms with E-state index < -0.39 is 14.3 Å². The number of carboxylic acid groups (broad SMARTS) is 1. The van der Waals surface area contributed by atoms with Crippen LogP contribution in [0.5, 0.6) is 6.01 Å². The van der Waals surface area contributed by atoms with Crippen LogP contribution < -0.4 is 10.1 Å². The summed E-state index contributed by atoms with van der Waals surface area (Å²) in [6.45, 7) is 20.9. The first-order valence-corrected chi connectivity index (χ1v) is 18.8. The molecular weight excluding hydrogens is 566 g/mol. The molecule has 1 spiro atoms. The molecule has 2 atom stereocenters. The summed E-state index contributed by atoms with van der Waals surface area (Å²) in [6.07, 6.45) is 3.23. The van der Waals surface area contributed by atoms with Crippen molar-refractivity contribution >= 4 is 20.0 Å². The number of anilines is 1. The van der Waals surface area contributed by atoms with Crippen LogP contribution in [0.25, 0.3) is 11.1 Å². The van der Waals surface area contributed by atoms with Gasteiger partial charge in [-0.3, -0.25) is 4.79 Å². The van der Waals surface area contributed by atoms with E-state index in [-0.39, 0.29) is 22.3 Å². The zero-order valence-corrected chi connectivity index (χ0v) is 28.9. The minimum Gasteiger partial charge on any atom is -0.481 e. The number of fused-ring (bicyclic) bond motifs is 1. The first-order valence-electron chi connectivity index (χ1n) is 15.9. The van der Waals surface area contributed by atoms with Gasteiger partial charge < -0.3 is 19.6 Å². The van der Waals surface area contributed by atoms with Gasteiger partial charge in [0.1, 0.15) is 6.61 Å². The van der Waals surface area contributed by atoms with Crippen molar-refractivity contribution in [3.05, 3.63) is 70.0 Å². The van der Waals surface area contributed by atoms with E-state index in [0.717, 1.165) is 47.5 Å². The monoisotopic (exact) mass is 615 g/mol. The third-order valence-corrected chi connectivity index (χ3v) is 15.0. The average Bonchev–Trinajstić information content (AvgIpc) is 3.63. The number of nitrogens with zero attached hydrogens (tertiary/aromatic N) is 2. The molecule has 0 aliphatic heterocycles. The third kappa shape index (κ3) is 6.29. The van der Waals surface area contributed by atoms with Gasteiger partial charge in [-0.05, 0) is 104 Å². The third-order valence-electron chi connectivity index (χ3n) is 10.5. The van der Waals surface area contributed by atoms with E-state index >= 15 is 0 Å². The number of benzene rings is 2. The Morgan fingerprint density at radius 2 is 1.77 bits per heavy atom. The number of aromatic nitrogens is 2. The van der Waals surface area contributed by atoms with Crippen molar-refractivity contribution in [1.29, 1.82) is 0 Å². The normalized spacial score (nSPS) is 17.8. The minimum absolute atomic E-state index is 0.115. The maximum atomic E-state index is 11.8. The molecule has 2 aliphatic carbocycles. The van der Waals surface area contributed by atoms with Crippen LogP contribution in [0, 0.1) is 32.1 Å². The minimum atomic E-state index is -1.82. The first-order chi connectivity index (χ1) is 20.6. The molecule has 0 amide bonds. The molecule has 2 N–H and O–H groups in total. The molecule has 1 aromatic heterocycles. The predicted molar refractivity (Wildman–Crippen MR) is 179 cm³/mol. The van der Waals surface area contributed by atoms with Gasteiger partial charge in [-0.15, -0.1) is 0 Å². The van der Waals surface area contributed by atoms with Gasteiger partial charge in [0, 0.05) is 23.7 Å². The van der Waals surface area contributed by atoms with Gasteiger partial charge in [0.15, 0.2) is 8.32 Å². The summed E-state index contributed by atoms with van der Waals surface area (Å²) < 4.78 is 12.2. The van der Waals surface area contributed by atoms with Crippen LogP contribution >= 0.6 is 0 Å². The maximum absolute atomic E-state index is 11.8. The van der Waals surface area contributed by atoms with Gasteiger partial charge in [0.2, 0.25) is 0 Å². The lowest BCUT2D eigenvalue weighted by molar-refractivity contribution is -0.142. The van der Waals surface area contributed by atoms with Crippen LogP contribution in [0.2, 0.25) is 18.1 Å². The molecule has 236 valence electrons. The molecule has 2 aliphatic rings. The number of aliphatic carboxylic acids is 1. The van der Waals surface area contributed by atoms with Gasteiger partial charge in [-0.2, -0.15) is 9.97 Å². The summed E-state index contributed by atoms with van der Waals surface area (Å²) in [6, 6.07) is 13.3. The summed E-state index contributed by atoms with van der Waals surface area (Å²) >= 11 is 0. The van der Waals surface area contributed by atoms with E-state index in [1.165, 1.54) is 22.3 Å². The number of hydrogen-bond acceptors (Lipinski definition) is 6. The van der Waals surface area contributed by atoms with Crippen molar-refractivity contribution in [2.45, 2.75) is 98.3 Å². The fraction of sp³-hybridized carbons (Fsp3) is 0.528. The lowest BCUT2D eigenvalue weighted by Crippen LogP contribution is -2.41. The Balaban J connectivity index is 1.26. The number of nitrogens with one attached hydrogen (secondary N) is 1. The number of hydrogen-bond donors (Lipinski definition) is 2. The Bertz CT molecular complexity index is 1530. The van der Waals surface area contributed by atoms with Crippen molar-refractivity contribution in [1.82, 2.24) is 9.97 Å². The number of ether oxygens (including phenoxy) is 1. The van der Waals surface area contributed by atoms with Gasteiger partial charge in [-0.1, -0.05) is 52.0 Å². The summed E-state index contributed by atoms with van der Waals surface area (Å²) in [5, 5.41) is 13.5. The van der Waals surface area contributed by atoms with Crippen LogP contribution in [-0.2, 0) is 22.2 Å². The van der Waals surface area contributed by atoms with Crippen LogP contribution in [0.3, 0.4) is 0 Å². The van der Waals surface area contributed by atoms with E-state index in [1.807, 2.05) is 20.8 Å². The van der Waals surface area contributed by atoms with Crippen molar-refractivity contribution in [2.24, 2.45) is 11.3 Å². The quantitative estimate of drug-likeness (QED) is 0.166. The van der Waals surface area contributed by atoms with E-state index in [2.05, 4.69) is 82.5 Å². The molecule has 44 heavy (non-hydrogen) atoms. The number of carbonyl (C=O) groups is 1. The highest BCUT2D eigenvalue weighted by atomic mass is 28.4.